The van der Waals surface area contributed by atoms with Crippen LogP contribution in [0.4, 0.5) is 15.2 Å². The lowest BCUT2D eigenvalue weighted by atomic mass is 10.00. The lowest BCUT2D eigenvalue weighted by Gasteiger charge is -2.34. The van der Waals surface area contributed by atoms with E-state index >= 15 is 0 Å². The van der Waals surface area contributed by atoms with E-state index < -0.39 is 29.2 Å². The van der Waals surface area contributed by atoms with Crippen LogP contribution in [0.25, 0.3) is 0 Å². The number of carbonyl (C=O) groups is 3. The van der Waals surface area contributed by atoms with Crippen LogP contribution in [0.3, 0.4) is 0 Å². The maximum Gasteiger partial charge on any atom is 0.248 e. The van der Waals surface area contributed by atoms with Gasteiger partial charge in [0.1, 0.15) is 11.9 Å². The van der Waals surface area contributed by atoms with Crippen molar-refractivity contribution in [3.63, 3.8) is 0 Å². The molecule has 1 aromatic heterocycles. The first-order valence-corrected chi connectivity index (χ1v) is 12.1. The van der Waals surface area contributed by atoms with Crippen molar-refractivity contribution in [3.8, 4) is 0 Å². The van der Waals surface area contributed by atoms with Crippen LogP contribution in [0.2, 0.25) is 0 Å². The van der Waals surface area contributed by atoms with Crippen LogP contribution in [0.15, 0.2) is 60.1 Å². The summed E-state index contributed by atoms with van der Waals surface area (Å²) in [5.74, 6) is -1.62. The Bertz CT molecular complexity index is 1170. The first-order valence-electron chi connectivity index (χ1n) is 11.2. The van der Waals surface area contributed by atoms with Crippen LogP contribution >= 0.6 is 11.3 Å². The number of anilines is 2. The Morgan fingerprint density at radius 3 is 2.40 bits per heavy atom. The fourth-order valence-electron chi connectivity index (χ4n) is 3.52. The molecule has 2 N–H and O–H groups in total. The summed E-state index contributed by atoms with van der Waals surface area (Å²) in [6, 6.07) is 11.7. The molecule has 3 rings (SSSR count). The molecular weight excluding hydrogens is 467 g/mol. The molecule has 0 saturated heterocycles. The van der Waals surface area contributed by atoms with Gasteiger partial charge in [0.15, 0.2) is 5.13 Å². The van der Waals surface area contributed by atoms with E-state index in [0.29, 0.717) is 16.4 Å². The van der Waals surface area contributed by atoms with Gasteiger partial charge >= 0.3 is 0 Å². The summed E-state index contributed by atoms with van der Waals surface area (Å²) in [5.41, 5.74) is 1.30. The molecule has 0 unspecified atom stereocenters. The fraction of sp³-hybridized carbons (Fsp3) is 0.308. The SMILES string of the molecule is Cc1cccc(N(C(=O)CCC(=O)Nc2nccs2)[C@H](C(=O)NC(C)(C)C)c2ccc(F)cc2)c1. The van der Waals surface area contributed by atoms with Crippen molar-refractivity contribution in [2.75, 3.05) is 10.2 Å². The number of nitrogens with one attached hydrogen (secondary N) is 2. The van der Waals surface area contributed by atoms with Crippen LogP contribution in [0, 0.1) is 12.7 Å². The van der Waals surface area contributed by atoms with Crippen molar-refractivity contribution in [3.05, 3.63) is 77.1 Å². The highest BCUT2D eigenvalue weighted by Crippen LogP contribution is 2.30. The Balaban J connectivity index is 1.96. The van der Waals surface area contributed by atoms with E-state index in [1.165, 1.54) is 40.5 Å². The van der Waals surface area contributed by atoms with Gasteiger partial charge in [-0.05, 0) is 63.1 Å². The van der Waals surface area contributed by atoms with Crippen molar-refractivity contribution in [2.24, 2.45) is 0 Å². The number of hydrogen-bond acceptors (Lipinski definition) is 5. The van der Waals surface area contributed by atoms with Crippen molar-refractivity contribution in [1.82, 2.24) is 10.3 Å². The van der Waals surface area contributed by atoms with Gasteiger partial charge in [0.2, 0.25) is 17.7 Å². The van der Waals surface area contributed by atoms with E-state index in [-0.39, 0.29) is 18.7 Å². The third-order valence-electron chi connectivity index (χ3n) is 4.98. The summed E-state index contributed by atoms with van der Waals surface area (Å²) in [7, 11) is 0. The minimum absolute atomic E-state index is 0.0856. The number of hydrogen-bond donors (Lipinski definition) is 2. The number of halogens is 1. The zero-order valence-electron chi connectivity index (χ0n) is 20.2. The Labute approximate surface area is 208 Å². The molecule has 184 valence electrons. The van der Waals surface area contributed by atoms with E-state index in [1.807, 2.05) is 33.8 Å². The lowest BCUT2D eigenvalue weighted by molar-refractivity contribution is -0.128. The maximum atomic E-state index is 13.7. The molecule has 0 fully saturated rings. The van der Waals surface area contributed by atoms with Crippen LogP contribution < -0.4 is 15.5 Å². The second-order valence-corrected chi connectivity index (χ2v) is 10.1. The molecule has 9 heteroatoms. The molecule has 0 spiro atoms. The third-order valence-corrected chi connectivity index (χ3v) is 5.67. The van der Waals surface area contributed by atoms with Gasteiger partial charge in [0.25, 0.3) is 0 Å². The molecule has 0 aliphatic heterocycles. The second kappa shape index (κ2) is 11.2. The predicted molar refractivity (Wildman–Crippen MR) is 136 cm³/mol. The molecule has 0 aliphatic rings. The molecule has 3 aromatic rings. The zero-order chi connectivity index (χ0) is 25.6. The summed E-state index contributed by atoms with van der Waals surface area (Å²) in [4.78, 5) is 44.9. The average Bonchev–Trinajstić information content (AvgIpc) is 3.28. The maximum absolute atomic E-state index is 13.7. The van der Waals surface area contributed by atoms with Crippen LogP contribution in [0.5, 0.6) is 0 Å². The van der Waals surface area contributed by atoms with Crippen molar-refractivity contribution < 1.29 is 18.8 Å². The van der Waals surface area contributed by atoms with Crippen molar-refractivity contribution >= 4 is 39.9 Å². The number of rotatable bonds is 8. The third kappa shape index (κ3) is 7.45. The molecule has 0 aliphatic carbocycles. The minimum Gasteiger partial charge on any atom is -0.349 e. The molecule has 7 nitrogen and oxygen atoms in total. The quantitative estimate of drug-likeness (QED) is 0.459. The molecule has 0 bridgehead atoms. The number of amides is 3. The van der Waals surface area contributed by atoms with Gasteiger partial charge in [0.05, 0.1) is 0 Å². The highest BCUT2D eigenvalue weighted by atomic mass is 32.1. The van der Waals surface area contributed by atoms with Crippen LogP contribution in [-0.2, 0) is 14.4 Å². The number of aryl methyl sites for hydroxylation is 1. The predicted octanol–water partition coefficient (Wildman–Crippen LogP) is 5.00. The van der Waals surface area contributed by atoms with E-state index in [0.717, 1.165) is 5.56 Å². The number of thiazole rings is 1. The largest absolute Gasteiger partial charge is 0.349 e. The zero-order valence-corrected chi connectivity index (χ0v) is 21.0. The number of carbonyl (C=O) groups excluding carboxylic acids is 3. The Morgan fingerprint density at radius 2 is 1.80 bits per heavy atom. The van der Waals surface area contributed by atoms with Crippen molar-refractivity contribution in [2.45, 2.75) is 52.1 Å². The Hall–Kier alpha value is -3.59. The van der Waals surface area contributed by atoms with Crippen LogP contribution in [0.1, 0.15) is 50.8 Å². The van der Waals surface area contributed by atoms with Gasteiger partial charge in [-0.1, -0.05) is 24.3 Å². The smallest absolute Gasteiger partial charge is 0.248 e. The Morgan fingerprint density at radius 1 is 1.09 bits per heavy atom. The lowest BCUT2D eigenvalue weighted by Crippen LogP contribution is -2.49. The van der Waals surface area contributed by atoms with Gasteiger partial charge < -0.3 is 10.6 Å². The van der Waals surface area contributed by atoms with E-state index in [2.05, 4.69) is 15.6 Å². The topological polar surface area (TPSA) is 91.4 Å². The summed E-state index contributed by atoms with van der Waals surface area (Å²) in [6.45, 7) is 7.41. The average molecular weight is 497 g/mol. The normalized spacial score (nSPS) is 12.0. The summed E-state index contributed by atoms with van der Waals surface area (Å²) in [5, 5.41) is 7.78. The van der Waals surface area contributed by atoms with Gasteiger partial charge in [0, 0.05) is 35.6 Å². The molecule has 1 heterocycles. The second-order valence-electron chi connectivity index (χ2n) is 9.18. The van der Waals surface area contributed by atoms with Crippen molar-refractivity contribution in [1.29, 1.82) is 0 Å². The van der Waals surface area contributed by atoms with Gasteiger partial charge in [-0.3, -0.25) is 19.3 Å². The van der Waals surface area contributed by atoms with Crippen LogP contribution in [-0.4, -0.2) is 28.2 Å². The summed E-state index contributed by atoms with van der Waals surface area (Å²) < 4.78 is 13.7. The molecular formula is C26H29FN4O3S. The molecule has 0 radical (unpaired) electrons. The molecule has 3 amide bonds. The van der Waals surface area contributed by atoms with Gasteiger partial charge in [-0.25, -0.2) is 9.37 Å². The van der Waals surface area contributed by atoms with E-state index in [1.54, 1.807) is 29.8 Å². The molecule has 0 saturated carbocycles. The number of aromatic nitrogens is 1. The summed E-state index contributed by atoms with van der Waals surface area (Å²) in [6.07, 6.45) is 1.36. The number of nitrogens with zero attached hydrogens (tertiary/aromatic N) is 2. The number of benzene rings is 2. The van der Waals surface area contributed by atoms with E-state index in [9.17, 15) is 18.8 Å². The standard InChI is InChI=1S/C26H29FN4O3S/c1-17-6-5-7-20(16-17)31(22(33)13-12-21(32)29-25-28-14-15-35-25)23(24(34)30-26(2,3)4)18-8-10-19(27)11-9-18/h5-11,14-16,23H,12-13H2,1-4H3,(H,30,34)(H,28,29,32)/t23-/m0/s1. The molecule has 2 aromatic carbocycles. The van der Waals surface area contributed by atoms with E-state index in [4.69, 9.17) is 0 Å². The fourth-order valence-corrected chi connectivity index (χ4v) is 4.07. The highest BCUT2D eigenvalue weighted by molar-refractivity contribution is 7.13. The first kappa shape index (κ1) is 26.0. The van der Waals surface area contributed by atoms with Gasteiger partial charge in [-0.2, -0.15) is 0 Å². The van der Waals surface area contributed by atoms with Gasteiger partial charge in [-0.15, -0.1) is 11.3 Å². The first-order chi connectivity index (χ1) is 16.5. The summed E-state index contributed by atoms with van der Waals surface area (Å²) >= 11 is 1.28. The highest BCUT2D eigenvalue weighted by Gasteiger charge is 2.34. The minimum atomic E-state index is -1.06. The molecule has 1 atom stereocenters. The Kier molecular flexibility index (Phi) is 8.34. The molecule has 35 heavy (non-hydrogen) atoms. The monoisotopic (exact) mass is 496 g/mol.